The van der Waals surface area contributed by atoms with E-state index in [1.165, 1.54) is 0 Å². The molecule has 20 heavy (non-hydrogen) atoms. The summed E-state index contributed by atoms with van der Waals surface area (Å²) in [5.74, 6) is 2.23. The van der Waals surface area contributed by atoms with Crippen LogP contribution >= 0.6 is 0 Å². The number of amides is 1. The monoisotopic (exact) mass is 281 g/mol. The number of carbonyl (C=O) groups excluding carboxylic acids is 1. The van der Waals surface area contributed by atoms with Crippen LogP contribution in [0.1, 0.15) is 17.8 Å². The quantitative estimate of drug-likeness (QED) is 0.608. The molecule has 0 bridgehead atoms. The predicted molar refractivity (Wildman–Crippen MR) is 79.0 cm³/mol. The van der Waals surface area contributed by atoms with Crippen molar-refractivity contribution in [3.8, 4) is 0 Å². The van der Waals surface area contributed by atoms with Crippen molar-refractivity contribution in [3.63, 3.8) is 0 Å². The number of ether oxygens (including phenoxy) is 1. The molecule has 0 saturated carbocycles. The van der Waals surface area contributed by atoms with E-state index in [1.807, 2.05) is 20.9 Å². The lowest BCUT2D eigenvalue weighted by Gasteiger charge is -2.12. The number of nitrogens with one attached hydrogen (secondary N) is 3. The average Bonchev–Trinajstić information content (AvgIpc) is 2.42. The van der Waals surface area contributed by atoms with Gasteiger partial charge in [0.05, 0.1) is 6.61 Å². The number of methoxy groups -OCH3 is 1. The van der Waals surface area contributed by atoms with Gasteiger partial charge < -0.3 is 20.7 Å². The van der Waals surface area contributed by atoms with E-state index in [9.17, 15) is 4.79 Å². The molecule has 0 spiro atoms. The number of anilines is 2. The van der Waals surface area contributed by atoms with Crippen molar-refractivity contribution in [3.05, 3.63) is 11.4 Å². The van der Waals surface area contributed by atoms with Gasteiger partial charge >= 0.3 is 0 Å². The van der Waals surface area contributed by atoms with E-state index in [2.05, 4.69) is 25.9 Å². The summed E-state index contributed by atoms with van der Waals surface area (Å²) in [6, 6.07) is 0. The summed E-state index contributed by atoms with van der Waals surface area (Å²) in [6.45, 7) is 5.36. The molecule has 0 aliphatic heterocycles. The van der Waals surface area contributed by atoms with Gasteiger partial charge in [-0.25, -0.2) is 9.97 Å². The van der Waals surface area contributed by atoms with E-state index < -0.39 is 0 Å². The third-order valence-corrected chi connectivity index (χ3v) is 2.77. The summed E-state index contributed by atoms with van der Waals surface area (Å²) in [5, 5.41) is 8.96. The van der Waals surface area contributed by atoms with Crippen molar-refractivity contribution in [1.29, 1.82) is 0 Å². The molecule has 0 saturated heterocycles. The lowest BCUT2D eigenvalue weighted by molar-refractivity contribution is -0.121. The van der Waals surface area contributed by atoms with Crippen LogP contribution in [-0.2, 0) is 9.53 Å². The topological polar surface area (TPSA) is 88.2 Å². The molecule has 0 aromatic carbocycles. The number of rotatable bonds is 8. The number of carbonyl (C=O) groups is 1. The fraction of sp³-hybridized carbons (Fsp3) is 0.615. The standard InChI is InChI=1S/C13H23N5O2/c1-9-12(14-3)17-10(2)18-13(9)16-6-5-11(19)15-7-8-20-4/h5-8H2,1-4H3,(H,15,19)(H2,14,16,17,18). The largest absolute Gasteiger partial charge is 0.383 e. The van der Waals surface area contributed by atoms with Gasteiger partial charge in [-0.05, 0) is 13.8 Å². The van der Waals surface area contributed by atoms with Gasteiger partial charge in [0.2, 0.25) is 5.91 Å². The number of nitrogens with zero attached hydrogens (tertiary/aromatic N) is 2. The van der Waals surface area contributed by atoms with E-state index >= 15 is 0 Å². The molecule has 0 aliphatic rings. The zero-order valence-electron chi connectivity index (χ0n) is 12.5. The second kappa shape index (κ2) is 8.31. The molecule has 112 valence electrons. The van der Waals surface area contributed by atoms with Crippen LogP contribution in [0.15, 0.2) is 0 Å². The molecule has 0 fully saturated rings. The molecule has 1 heterocycles. The SMILES string of the molecule is CNc1nc(C)nc(NCCC(=O)NCCOC)c1C. The normalized spacial score (nSPS) is 10.2. The summed E-state index contributed by atoms with van der Waals surface area (Å²) in [7, 11) is 3.43. The van der Waals surface area contributed by atoms with E-state index in [0.717, 1.165) is 17.2 Å². The van der Waals surface area contributed by atoms with Crippen LogP contribution < -0.4 is 16.0 Å². The van der Waals surface area contributed by atoms with Crippen LogP contribution in [-0.4, -0.2) is 49.7 Å². The maximum atomic E-state index is 11.5. The smallest absolute Gasteiger partial charge is 0.221 e. The van der Waals surface area contributed by atoms with Crippen molar-refractivity contribution in [2.45, 2.75) is 20.3 Å². The molecular weight excluding hydrogens is 258 g/mol. The van der Waals surface area contributed by atoms with Crippen LogP contribution in [0.2, 0.25) is 0 Å². The van der Waals surface area contributed by atoms with Crippen molar-refractivity contribution in [1.82, 2.24) is 15.3 Å². The Bertz CT molecular complexity index is 451. The van der Waals surface area contributed by atoms with Gasteiger partial charge in [-0.3, -0.25) is 4.79 Å². The Hall–Kier alpha value is -1.89. The third kappa shape index (κ3) is 5.00. The Morgan fingerprint density at radius 3 is 2.55 bits per heavy atom. The molecule has 0 atom stereocenters. The minimum Gasteiger partial charge on any atom is -0.383 e. The predicted octanol–water partition coefficient (Wildman–Crippen LogP) is 0.700. The Kier molecular flexibility index (Phi) is 6.72. The number of hydrogen-bond donors (Lipinski definition) is 3. The molecule has 1 aromatic heterocycles. The summed E-state index contributed by atoms with van der Waals surface area (Å²) in [6.07, 6.45) is 0.390. The minimum absolute atomic E-state index is 0.00757. The highest BCUT2D eigenvalue weighted by atomic mass is 16.5. The number of aryl methyl sites for hydroxylation is 1. The molecular formula is C13H23N5O2. The molecule has 0 aliphatic carbocycles. The zero-order valence-corrected chi connectivity index (χ0v) is 12.5. The van der Waals surface area contributed by atoms with Crippen LogP contribution in [0.25, 0.3) is 0 Å². The van der Waals surface area contributed by atoms with Crippen molar-refractivity contribution in [2.24, 2.45) is 0 Å². The molecule has 1 aromatic rings. The zero-order chi connectivity index (χ0) is 15.0. The maximum Gasteiger partial charge on any atom is 0.221 e. The first-order valence-corrected chi connectivity index (χ1v) is 6.61. The average molecular weight is 281 g/mol. The summed E-state index contributed by atoms with van der Waals surface area (Å²) < 4.78 is 4.87. The molecule has 0 radical (unpaired) electrons. The van der Waals surface area contributed by atoms with Crippen LogP contribution in [0.3, 0.4) is 0 Å². The number of aromatic nitrogens is 2. The van der Waals surface area contributed by atoms with Crippen molar-refractivity contribution in [2.75, 3.05) is 44.5 Å². The molecule has 0 unspecified atom stereocenters. The minimum atomic E-state index is -0.00757. The van der Waals surface area contributed by atoms with E-state index in [0.29, 0.717) is 31.9 Å². The highest BCUT2D eigenvalue weighted by Crippen LogP contribution is 2.18. The Balaban J connectivity index is 2.46. The second-order valence-corrected chi connectivity index (χ2v) is 4.36. The van der Waals surface area contributed by atoms with E-state index in [1.54, 1.807) is 7.11 Å². The first kappa shape index (κ1) is 16.2. The highest BCUT2D eigenvalue weighted by Gasteiger charge is 2.08. The van der Waals surface area contributed by atoms with E-state index in [-0.39, 0.29) is 5.91 Å². The molecule has 3 N–H and O–H groups in total. The summed E-state index contributed by atoms with van der Waals surface area (Å²) >= 11 is 0. The second-order valence-electron chi connectivity index (χ2n) is 4.36. The third-order valence-electron chi connectivity index (χ3n) is 2.77. The van der Waals surface area contributed by atoms with Crippen molar-refractivity contribution >= 4 is 17.5 Å². The molecule has 1 amide bonds. The van der Waals surface area contributed by atoms with Gasteiger partial charge in [-0.2, -0.15) is 0 Å². The Labute approximate surface area is 119 Å². The molecule has 7 heteroatoms. The summed E-state index contributed by atoms with van der Waals surface area (Å²) in [4.78, 5) is 20.2. The molecule has 7 nitrogen and oxygen atoms in total. The lowest BCUT2D eigenvalue weighted by Crippen LogP contribution is -2.28. The molecule has 1 rings (SSSR count). The van der Waals surface area contributed by atoms with Gasteiger partial charge in [0.15, 0.2) is 0 Å². The van der Waals surface area contributed by atoms with Crippen molar-refractivity contribution < 1.29 is 9.53 Å². The van der Waals surface area contributed by atoms with Gasteiger partial charge in [-0.1, -0.05) is 0 Å². The summed E-state index contributed by atoms with van der Waals surface area (Å²) in [5.41, 5.74) is 0.942. The van der Waals surface area contributed by atoms with Crippen LogP contribution in [0.4, 0.5) is 11.6 Å². The van der Waals surface area contributed by atoms with E-state index in [4.69, 9.17) is 4.74 Å². The van der Waals surface area contributed by atoms with Crippen LogP contribution in [0, 0.1) is 13.8 Å². The Morgan fingerprint density at radius 2 is 1.90 bits per heavy atom. The fourth-order valence-electron chi connectivity index (χ4n) is 1.72. The van der Waals surface area contributed by atoms with Gasteiger partial charge in [0.1, 0.15) is 17.5 Å². The number of hydrogen-bond acceptors (Lipinski definition) is 6. The van der Waals surface area contributed by atoms with Gasteiger partial charge in [0, 0.05) is 39.2 Å². The fourth-order valence-corrected chi connectivity index (χ4v) is 1.72. The van der Waals surface area contributed by atoms with Gasteiger partial charge in [-0.15, -0.1) is 0 Å². The highest BCUT2D eigenvalue weighted by molar-refractivity contribution is 5.76. The Morgan fingerprint density at radius 1 is 1.20 bits per heavy atom. The van der Waals surface area contributed by atoms with Crippen LogP contribution in [0.5, 0.6) is 0 Å². The first-order chi connectivity index (χ1) is 9.58. The van der Waals surface area contributed by atoms with Gasteiger partial charge in [0.25, 0.3) is 0 Å². The first-order valence-electron chi connectivity index (χ1n) is 6.61. The lowest BCUT2D eigenvalue weighted by atomic mass is 10.3. The maximum absolute atomic E-state index is 11.5.